The number of sulfonamides is 1. The molecule has 0 aromatic carbocycles. The first-order chi connectivity index (χ1) is 9.12. The summed E-state index contributed by atoms with van der Waals surface area (Å²) in [6.07, 6.45) is 4.77. The largest absolute Gasteiger partial charge is 0.391 e. The van der Waals surface area contributed by atoms with Crippen molar-refractivity contribution in [2.45, 2.75) is 24.3 Å². The molecule has 0 spiro atoms. The number of rotatable bonds is 7. The summed E-state index contributed by atoms with van der Waals surface area (Å²) in [5.41, 5.74) is 0. The predicted octanol–water partition coefficient (Wildman–Crippen LogP) is 0.875. The average molecular weight is 301 g/mol. The van der Waals surface area contributed by atoms with E-state index < -0.39 is 10.0 Å². The van der Waals surface area contributed by atoms with E-state index in [0.29, 0.717) is 24.3 Å². The van der Waals surface area contributed by atoms with E-state index in [1.807, 2.05) is 0 Å². The Morgan fingerprint density at radius 2 is 2.32 bits per heavy atom. The molecule has 0 aliphatic heterocycles. The molecule has 0 unspecified atom stereocenters. The van der Waals surface area contributed by atoms with Gasteiger partial charge in [-0.25, -0.2) is 18.1 Å². The van der Waals surface area contributed by atoms with Gasteiger partial charge in [0.2, 0.25) is 10.0 Å². The van der Waals surface area contributed by atoms with Crippen molar-refractivity contribution in [3.63, 3.8) is 0 Å². The zero-order valence-electron chi connectivity index (χ0n) is 10.2. The van der Waals surface area contributed by atoms with Crippen LogP contribution in [-0.2, 0) is 23.1 Å². The van der Waals surface area contributed by atoms with Crippen molar-refractivity contribution in [1.82, 2.24) is 14.7 Å². The maximum Gasteiger partial charge on any atom is 0.241 e. The van der Waals surface area contributed by atoms with E-state index in [2.05, 4.69) is 14.7 Å². The van der Waals surface area contributed by atoms with Crippen molar-refractivity contribution in [3.05, 3.63) is 34.5 Å². The molecule has 0 amide bonds. The number of hydrogen-bond acceptors (Lipinski definition) is 5. The van der Waals surface area contributed by atoms with Gasteiger partial charge in [-0.3, -0.25) is 0 Å². The highest BCUT2D eigenvalue weighted by Crippen LogP contribution is 2.18. The van der Waals surface area contributed by atoms with Gasteiger partial charge in [0.05, 0.1) is 11.5 Å². The first kappa shape index (κ1) is 14.2. The molecule has 0 saturated carbocycles. The Hall–Kier alpha value is -1.22. The molecule has 8 heteroatoms. The quantitative estimate of drug-likeness (QED) is 0.661. The highest BCUT2D eigenvalue weighted by Gasteiger charge is 2.15. The topological polar surface area (TPSA) is 95.1 Å². The lowest BCUT2D eigenvalue weighted by atomic mass is 10.3. The van der Waals surface area contributed by atoms with E-state index in [-0.39, 0.29) is 11.5 Å². The van der Waals surface area contributed by atoms with Crippen LogP contribution in [0.2, 0.25) is 0 Å². The number of thiophene rings is 1. The molecule has 3 N–H and O–H groups in total. The monoisotopic (exact) mass is 301 g/mol. The summed E-state index contributed by atoms with van der Waals surface area (Å²) >= 11 is 1.23. The number of nitrogens with zero attached hydrogens (tertiary/aromatic N) is 1. The number of aryl methyl sites for hydroxylation is 1. The van der Waals surface area contributed by atoms with Gasteiger partial charge in [-0.15, -0.1) is 11.3 Å². The molecule has 6 nitrogen and oxygen atoms in total. The highest BCUT2D eigenvalue weighted by molar-refractivity contribution is 7.89. The van der Waals surface area contributed by atoms with Crippen LogP contribution in [0, 0.1) is 0 Å². The Morgan fingerprint density at radius 1 is 1.47 bits per heavy atom. The van der Waals surface area contributed by atoms with E-state index in [9.17, 15) is 8.42 Å². The van der Waals surface area contributed by atoms with Gasteiger partial charge in [0.1, 0.15) is 5.82 Å². The first-order valence-electron chi connectivity index (χ1n) is 5.78. The van der Waals surface area contributed by atoms with E-state index in [4.69, 9.17) is 5.11 Å². The second-order valence-corrected chi connectivity index (χ2v) is 6.71. The van der Waals surface area contributed by atoms with E-state index in [0.717, 1.165) is 5.82 Å². The van der Waals surface area contributed by atoms with Crippen LogP contribution in [-0.4, -0.2) is 30.0 Å². The molecule has 0 bridgehead atoms. The second-order valence-electron chi connectivity index (χ2n) is 3.94. The standard InChI is InChI=1S/C11H15N3O3S2/c15-7-9-6-10(8-18-9)19(16,17)14-3-1-2-11-12-4-5-13-11/h4-6,8,14-15H,1-3,7H2,(H,12,13). The van der Waals surface area contributed by atoms with Crippen molar-refractivity contribution in [3.8, 4) is 0 Å². The minimum absolute atomic E-state index is 0.140. The van der Waals surface area contributed by atoms with Gasteiger partial charge in [0.25, 0.3) is 0 Å². The first-order valence-corrected chi connectivity index (χ1v) is 8.14. The maximum atomic E-state index is 11.9. The predicted molar refractivity (Wildman–Crippen MR) is 72.3 cm³/mol. The number of imidazole rings is 1. The number of H-pyrrole nitrogens is 1. The SMILES string of the molecule is O=S(=O)(NCCCc1ncc[nH]1)c1csc(CO)c1. The molecule has 0 aliphatic rings. The summed E-state index contributed by atoms with van der Waals surface area (Å²) in [6.45, 7) is 0.214. The lowest BCUT2D eigenvalue weighted by molar-refractivity contribution is 0.285. The van der Waals surface area contributed by atoms with Gasteiger partial charge in [-0.1, -0.05) is 0 Å². The zero-order valence-corrected chi connectivity index (χ0v) is 11.8. The minimum atomic E-state index is -3.47. The molecular weight excluding hydrogens is 286 g/mol. The normalized spacial score (nSPS) is 11.8. The van der Waals surface area contributed by atoms with Crippen LogP contribution in [0.1, 0.15) is 17.1 Å². The number of aromatic nitrogens is 2. The fourth-order valence-corrected chi connectivity index (χ4v) is 3.77. The van der Waals surface area contributed by atoms with Crippen LogP contribution >= 0.6 is 11.3 Å². The van der Waals surface area contributed by atoms with Crippen LogP contribution in [0.3, 0.4) is 0 Å². The van der Waals surface area contributed by atoms with Crippen LogP contribution < -0.4 is 4.72 Å². The summed E-state index contributed by atoms with van der Waals surface area (Å²) in [5, 5.41) is 10.4. The number of aliphatic hydroxyl groups excluding tert-OH is 1. The Balaban J connectivity index is 1.84. The molecular formula is C11H15N3O3S2. The molecule has 2 aromatic rings. The highest BCUT2D eigenvalue weighted by atomic mass is 32.2. The molecule has 2 heterocycles. The number of hydrogen-bond donors (Lipinski definition) is 3. The van der Waals surface area contributed by atoms with Crippen molar-refractivity contribution in [1.29, 1.82) is 0 Å². The Labute approximate surface area is 115 Å². The second kappa shape index (κ2) is 6.29. The van der Waals surface area contributed by atoms with E-state index >= 15 is 0 Å². The average Bonchev–Trinajstić information content (AvgIpc) is 3.05. The summed E-state index contributed by atoms with van der Waals surface area (Å²) in [4.78, 5) is 7.87. The fourth-order valence-electron chi connectivity index (χ4n) is 1.56. The molecule has 104 valence electrons. The zero-order chi connectivity index (χ0) is 13.7. The van der Waals surface area contributed by atoms with Crippen LogP contribution in [0.5, 0.6) is 0 Å². The summed E-state index contributed by atoms with van der Waals surface area (Å²) in [7, 11) is -3.47. The smallest absolute Gasteiger partial charge is 0.241 e. The Morgan fingerprint density at radius 3 is 2.95 bits per heavy atom. The Kier molecular flexibility index (Phi) is 4.70. The number of nitrogens with one attached hydrogen (secondary N) is 2. The summed E-state index contributed by atoms with van der Waals surface area (Å²) in [5.74, 6) is 0.845. The number of aromatic amines is 1. The van der Waals surface area contributed by atoms with Gasteiger partial charge < -0.3 is 10.1 Å². The molecule has 0 radical (unpaired) electrons. The lowest BCUT2D eigenvalue weighted by Gasteiger charge is -2.04. The van der Waals surface area contributed by atoms with Crippen molar-refractivity contribution in [2.75, 3.05) is 6.54 Å². The third-order valence-corrected chi connectivity index (χ3v) is 5.04. The van der Waals surface area contributed by atoms with Gasteiger partial charge >= 0.3 is 0 Å². The van der Waals surface area contributed by atoms with Gasteiger partial charge in [-0.05, 0) is 12.5 Å². The fraction of sp³-hybridized carbons (Fsp3) is 0.364. The molecule has 2 aromatic heterocycles. The van der Waals surface area contributed by atoms with Crippen LogP contribution in [0.15, 0.2) is 28.7 Å². The molecule has 0 atom stereocenters. The maximum absolute atomic E-state index is 11.9. The van der Waals surface area contributed by atoms with Gasteiger partial charge in [0.15, 0.2) is 0 Å². The van der Waals surface area contributed by atoms with Gasteiger partial charge in [-0.2, -0.15) is 0 Å². The van der Waals surface area contributed by atoms with E-state index in [1.54, 1.807) is 12.4 Å². The van der Waals surface area contributed by atoms with Crippen LogP contribution in [0.4, 0.5) is 0 Å². The molecule has 0 aliphatic carbocycles. The van der Waals surface area contributed by atoms with E-state index in [1.165, 1.54) is 22.8 Å². The summed E-state index contributed by atoms with van der Waals surface area (Å²) in [6, 6.07) is 1.49. The third kappa shape index (κ3) is 3.87. The van der Waals surface area contributed by atoms with Gasteiger partial charge in [0, 0.05) is 35.6 Å². The molecule has 2 rings (SSSR count). The van der Waals surface area contributed by atoms with Crippen molar-refractivity contribution in [2.24, 2.45) is 0 Å². The summed E-state index contributed by atoms with van der Waals surface area (Å²) < 4.78 is 26.4. The minimum Gasteiger partial charge on any atom is -0.391 e. The van der Waals surface area contributed by atoms with Crippen molar-refractivity contribution >= 4 is 21.4 Å². The Bertz CT molecular complexity index is 605. The van der Waals surface area contributed by atoms with Crippen molar-refractivity contribution < 1.29 is 13.5 Å². The number of aliphatic hydroxyl groups is 1. The third-order valence-electron chi connectivity index (χ3n) is 2.53. The lowest BCUT2D eigenvalue weighted by Crippen LogP contribution is -2.24. The molecule has 0 fully saturated rings. The molecule has 19 heavy (non-hydrogen) atoms. The van der Waals surface area contributed by atoms with Crippen LogP contribution in [0.25, 0.3) is 0 Å². The molecule has 0 saturated heterocycles.